The average Bonchev–Trinajstić information content (AvgIpc) is 3.12. The first-order valence-electron chi connectivity index (χ1n) is 9.67. The molecule has 0 saturated heterocycles. The van der Waals surface area contributed by atoms with Gasteiger partial charge >= 0.3 is 0 Å². The summed E-state index contributed by atoms with van der Waals surface area (Å²) in [6, 6.07) is 14.3. The third-order valence-electron chi connectivity index (χ3n) is 5.03. The number of aryl methyl sites for hydroxylation is 2. The van der Waals surface area contributed by atoms with E-state index >= 15 is 0 Å². The fourth-order valence-electron chi connectivity index (χ4n) is 3.46. The minimum Gasteiger partial charge on any atom is -0.368 e. The summed E-state index contributed by atoms with van der Waals surface area (Å²) in [6.07, 6.45) is 2.52. The number of aromatic nitrogens is 4. The summed E-state index contributed by atoms with van der Waals surface area (Å²) < 4.78 is 1.72. The Balaban J connectivity index is 1.64. The Labute approximate surface area is 173 Å². The summed E-state index contributed by atoms with van der Waals surface area (Å²) in [5.41, 5.74) is 16.3. The molecule has 0 aliphatic rings. The summed E-state index contributed by atoms with van der Waals surface area (Å²) >= 11 is 0. The number of hydrogen-bond donors (Lipinski definition) is 3. The van der Waals surface area contributed by atoms with Crippen molar-refractivity contribution >= 4 is 28.6 Å². The predicted molar refractivity (Wildman–Crippen MR) is 118 cm³/mol. The monoisotopic (exact) mass is 401 g/mol. The van der Waals surface area contributed by atoms with Crippen LogP contribution in [-0.4, -0.2) is 25.7 Å². The van der Waals surface area contributed by atoms with Crippen LogP contribution in [0.4, 0.5) is 11.8 Å². The van der Waals surface area contributed by atoms with Gasteiger partial charge in [0, 0.05) is 30.3 Å². The molecule has 5 N–H and O–H groups in total. The summed E-state index contributed by atoms with van der Waals surface area (Å²) in [7, 11) is 1.83. The molecule has 2 aromatic heterocycles. The number of hydrogen-bond acceptors (Lipinski definition) is 6. The molecule has 30 heavy (non-hydrogen) atoms. The van der Waals surface area contributed by atoms with Gasteiger partial charge in [0.25, 0.3) is 0 Å². The van der Waals surface area contributed by atoms with E-state index in [9.17, 15) is 4.79 Å². The smallest absolute Gasteiger partial charge is 0.247 e. The van der Waals surface area contributed by atoms with Gasteiger partial charge in [-0.25, -0.2) is 9.97 Å². The highest BCUT2D eigenvalue weighted by atomic mass is 16.2. The molecular formula is C22H23N7O. The van der Waals surface area contributed by atoms with Crippen LogP contribution in [0, 0.1) is 0 Å². The maximum Gasteiger partial charge on any atom is 0.247 e. The van der Waals surface area contributed by atoms with Gasteiger partial charge in [-0.05, 0) is 29.7 Å². The molecule has 4 aromatic rings. The number of rotatable bonds is 5. The lowest BCUT2D eigenvalue weighted by Crippen LogP contribution is -2.27. The number of benzene rings is 2. The minimum atomic E-state index is -0.772. The number of fused-ring (bicyclic) bond motifs is 1. The van der Waals surface area contributed by atoms with E-state index < -0.39 is 6.04 Å². The van der Waals surface area contributed by atoms with Crippen molar-refractivity contribution < 1.29 is 4.79 Å². The Morgan fingerprint density at radius 3 is 2.70 bits per heavy atom. The zero-order chi connectivity index (χ0) is 21.3. The van der Waals surface area contributed by atoms with E-state index in [0.717, 1.165) is 39.7 Å². The second-order valence-corrected chi connectivity index (χ2v) is 7.07. The first kappa shape index (κ1) is 19.5. The van der Waals surface area contributed by atoms with Crippen LogP contribution in [0.2, 0.25) is 0 Å². The van der Waals surface area contributed by atoms with Crippen LogP contribution in [-0.2, 0) is 18.3 Å². The maximum absolute atomic E-state index is 12.6. The molecule has 0 spiro atoms. The molecule has 152 valence electrons. The molecule has 0 unspecified atom stereocenters. The lowest BCUT2D eigenvalue weighted by Gasteiger charge is -2.10. The highest BCUT2D eigenvalue weighted by Gasteiger charge is 2.18. The molecule has 0 bridgehead atoms. The van der Waals surface area contributed by atoms with Crippen LogP contribution in [0.25, 0.3) is 22.2 Å². The molecule has 2 heterocycles. The van der Waals surface area contributed by atoms with Crippen LogP contribution in [0.5, 0.6) is 0 Å². The lowest BCUT2D eigenvalue weighted by atomic mass is 10.0. The van der Waals surface area contributed by atoms with Crippen LogP contribution >= 0.6 is 0 Å². The van der Waals surface area contributed by atoms with Crippen molar-refractivity contribution in [3.63, 3.8) is 0 Å². The van der Waals surface area contributed by atoms with Gasteiger partial charge in [0.15, 0.2) is 5.82 Å². The number of carbonyl (C=O) groups is 1. The topological polar surface area (TPSA) is 125 Å². The van der Waals surface area contributed by atoms with Crippen molar-refractivity contribution in [1.82, 2.24) is 19.7 Å². The van der Waals surface area contributed by atoms with E-state index in [0.29, 0.717) is 5.82 Å². The summed E-state index contributed by atoms with van der Waals surface area (Å²) in [4.78, 5) is 21.0. The highest BCUT2D eigenvalue weighted by Crippen LogP contribution is 2.29. The zero-order valence-corrected chi connectivity index (χ0v) is 16.8. The second kappa shape index (κ2) is 7.92. The number of nitrogen functional groups attached to an aromatic ring is 1. The van der Waals surface area contributed by atoms with Crippen molar-refractivity contribution in [3.05, 3.63) is 65.9 Å². The first-order valence-corrected chi connectivity index (χ1v) is 9.67. The molecule has 1 atom stereocenters. The van der Waals surface area contributed by atoms with Crippen LogP contribution in [0.15, 0.2) is 54.7 Å². The number of nitrogens with one attached hydrogen (secondary N) is 1. The predicted octanol–water partition coefficient (Wildman–Crippen LogP) is 2.81. The molecule has 8 heteroatoms. The molecule has 8 nitrogen and oxygen atoms in total. The van der Waals surface area contributed by atoms with Crippen molar-refractivity contribution in [1.29, 1.82) is 0 Å². The van der Waals surface area contributed by atoms with E-state index in [1.165, 1.54) is 0 Å². The van der Waals surface area contributed by atoms with Gasteiger partial charge in [0.05, 0.1) is 11.2 Å². The Morgan fingerprint density at radius 2 is 1.97 bits per heavy atom. The normalized spacial score (nSPS) is 12.1. The molecule has 2 aromatic carbocycles. The molecule has 0 aliphatic heterocycles. The van der Waals surface area contributed by atoms with E-state index in [4.69, 9.17) is 11.5 Å². The third-order valence-corrected chi connectivity index (χ3v) is 5.03. The van der Waals surface area contributed by atoms with Crippen LogP contribution < -0.4 is 16.8 Å². The van der Waals surface area contributed by atoms with Crippen molar-refractivity contribution in [3.8, 4) is 11.3 Å². The van der Waals surface area contributed by atoms with Gasteiger partial charge in [-0.1, -0.05) is 37.3 Å². The Hall–Kier alpha value is -3.78. The molecule has 1 amide bonds. The minimum absolute atomic E-state index is 0.255. The number of amides is 1. The van der Waals surface area contributed by atoms with Crippen molar-refractivity contribution in [2.75, 3.05) is 11.1 Å². The SMILES string of the molecule is CCc1cc(-c2cc(NC(=O)[C@H](N)c3ccccc3)nn2C)cc2cnc(N)nc12. The van der Waals surface area contributed by atoms with Gasteiger partial charge in [-0.15, -0.1) is 0 Å². The largest absolute Gasteiger partial charge is 0.368 e. The van der Waals surface area contributed by atoms with E-state index in [1.54, 1.807) is 10.9 Å². The second-order valence-electron chi connectivity index (χ2n) is 7.07. The van der Waals surface area contributed by atoms with E-state index in [2.05, 4.69) is 33.4 Å². The Kier molecular flexibility index (Phi) is 5.16. The quantitative estimate of drug-likeness (QED) is 0.472. The average molecular weight is 401 g/mol. The van der Waals surface area contributed by atoms with E-state index in [1.807, 2.05) is 49.5 Å². The fourth-order valence-corrected chi connectivity index (χ4v) is 3.46. The number of anilines is 2. The molecule has 0 radical (unpaired) electrons. The summed E-state index contributed by atoms with van der Waals surface area (Å²) in [5, 5.41) is 8.14. The van der Waals surface area contributed by atoms with Crippen molar-refractivity contribution in [2.45, 2.75) is 19.4 Å². The first-order chi connectivity index (χ1) is 14.5. The maximum atomic E-state index is 12.6. The standard InChI is InChI=1S/C22H23N7O/c1-3-13-9-15(10-16-12-25-22(24)27-20(13)16)17-11-18(28-29(17)2)26-21(30)19(23)14-7-5-4-6-8-14/h4-12,19H,3,23H2,1-2H3,(H2,24,25,27)(H,26,28,30)/t19-/m1/s1. The summed E-state index contributed by atoms with van der Waals surface area (Å²) in [6.45, 7) is 2.07. The van der Waals surface area contributed by atoms with Gasteiger partial charge < -0.3 is 16.8 Å². The van der Waals surface area contributed by atoms with Gasteiger partial charge in [-0.3, -0.25) is 9.48 Å². The number of nitrogens with zero attached hydrogens (tertiary/aromatic N) is 4. The summed E-state index contributed by atoms with van der Waals surface area (Å²) in [5.74, 6) is 0.378. The van der Waals surface area contributed by atoms with Crippen LogP contribution in [0.3, 0.4) is 0 Å². The number of nitrogens with two attached hydrogens (primary N) is 2. The highest BCUT2D eigenvalue weighted by molar-refractivity contribution is 5.95. The Bertz CT molecular complexity index is 1220. The molecule has 0 fully saturated rings. The molecule has 0 saturated carbocycles. The van der Waals surface area contributed by atoms with Gasteiger partial charge in [0.1, 0.15) is 6.04 Å². The van der Waals surface area contributed by atoms with E-state index in [-0.39, 0.29) is 11.9 Å². The van der Waals surface area contributed by atoms with Gasteiger partial charge in [0.2, 0.25) is 11.9 Å². The molecule has 0 aliphatic carbocycles. The number of carbonyl (C=O) groups excluding carboxylic acids is 1. The lowest BCUT2D eigenvalue weighted by molar-refractivity contribution is -0.117. The Morgan fingerprint density at radius 1 is 1.20 bits per heavy atom. The van der Waals surface area contributed by atoms with Crippen LogP contribution in [0.1, 0.15) is 24.1 Å². The third kappa shape index (κ3) is 3.72. The molecular weight excluding hydrogens is 378 g/mol. The fraction of sp³-hybridized carbons (Fsp3) is 0.182. The van der Waals surface area contributed by atoms with Gasteiger partial charge in [-0.2, -0.15) is 5.10 Å². The zero-order valence-electron chi connectivity index (χ0n) is 16.8. The molecule has 4 rings (SSSR count). The van der Waals surface area contributed by atoms with Crippen molar-refractivity contribution in [2.24, 2.45) is 12.8 Å².